The number of carbonyl (C=O) groups excluding carboxylic acids is 3. The fourth-order valence-electron chi connectivity index (χ4n) is 6.33. The lowest BCUT2D eigenvalue weighted by atomic mass is 9.68. The van der Waals surface area contributed by atoms with Crippen LogP contribution in [0.1, 0.15) is 93.9 Å². The maximum absolute atomic E-state index is 12.9. The molecular formula is C40H60N2O5. The van der Waals surface area contributed by atoms with Crippen LogP contribution in [0.2, 0.25) is 0 Å². The number of fused-ring (bicyclic) bond motifs is 1. The van der Waals surface area contributed by atoms with Crippen molar-refractivity contribution in [2.45, 2.75) is 118 Å². The van der Waals surface area contributed by atoms with Crippen LogP contribution in [0.25, 0.3) is 0 Å². The van der Waals surface area contributed by atoms with Gasteiger partial charge in [0.1, 0.15) is 6.10 Å². The van der Waals surface area contributed by atoms with E-state index in [-0.39, 0.29) is 35.1 Å². The van der Waals surface area contributed by atoms with Gasteiger partial charge in [0.15, 0.2) is 0 Å². The summed E-state index contributed by atoms with van der Waals surface area (Å²) in [6.45, 7) is 19.2. The second kappa shape index (κ2) is 19.4. The fraction of sp³-hybridized carbons (Fsp3) is 0.575. The van der Waals surface area contributed by atoms with E-state index >= 15 is 0 Å². The van der Waals surface area contributed by atoms with E-state index < -0.39 is 30.1 Å². The molecule has 1 aliphatic heterocycles. The number of aliphatic hydroxyl groups is 1. The van der Waals surface area contributed by atoms with Gasteiger partial charge in [-0.1, -0.05) is 112 Å². The molecule has 0 aromatic heterocycles. The highest BCUT2D eigenvalue weighted by Crippen LogP contribution is 2.41. The molecule has 9 atom stereocenters. The van der Waals surface area contributed by atoms with Crippen molar-refractivity contribution in [2.24, 2.45) is 29.1 Å². The van der Waals surface area contributed by atoms with Crippen LogP contribution in [0.3, 0.4) is 0 Å². The minimum atomic E-state index is -0.918. The van der Waals surface area contributed by atoms with Crippen molar-refractivity contribution >= 4 is 17.8 Å². The van der Waals surface area contributed by atoms with E-state index in [1.807, 2.05) is 45.1 Å². The van der Waals surface area contributed by atoms with Crippen molar-refractivity contribution in [3.05, 3.63) is 84.6 Å². The number of hydrogen-bond acceptors (Lipinski definition) is 5. The van der Waals surface area contributed by atoms with Crippen molar-refractivity contribution in [2.75, 3.05) is 0 Å². The van der Waals surface area contributed by atoms with E-state index in [9.17, 15) is 19.5 Å². The van der Waals surface area contributed by atoms with Crippen LogP contribution < -0.4 is 10.6 Å². The smallest absolute Gasteiger partial charge is 0.331 e. The molecule has 0 saturated heterocycles. The highest BCUT2D eigenvalue weighted by atomic mass is 16.5. The minimum Gasteiger partial charge on any atom is -0.458 e. The van der Waals surface area contributed by atoms with Crippen LogP contribution >= 0.6 is 0 Å². The van der Waals surface area contributed by atoms with Gasteiger partial charge in [-0.3, -0.25) is 9.59 Å². The second-order valence-electron chi connectivity index (χ2n) is 14.1. The van der Waals surface area contributed by atoms with Crippen LogP contribution in [-0.4, -0.2) is 47.2 Å². The van der Waals surface area contributed by atoms with E-state index in [4.69, 9.17) is 4.74 Å². The van der Waals surface area contributed by atoms with Gasteiger partial charge in [0.2, 0.25) is 11.8 Å². The summed E-state index contributed by atoms with van der Waals surface area (Å²) >= 11 is 0. The molecule has 0 saturated carbocycles. The average molecular weight is 649 g/mol. The monoisotopic (exact) mass is 648 g/mol. The number of cyclic esters (lactones) is 1. The molecule has 0 fully saturated rings. The Morgan fingerprint density at radius 3 is 2.49 bits per heavy atom. The molecule has 0 radical (unpaired) electrons. The van der Waals surface area contributed by atoms with Gasteiger partial charge >= 0.3 is 5.97 Å². The van der Waals surface area contributed by atoms with Crippen molar-refractivity contribution < 1.29 is 24.2 Å². The number of ether oxygens (including phenoxy) is 1. The Bertz CT molecular complexity index is 1260. The third kappa shape index (κ3) is 13.7. The standard InChI is InChI=1S/C40H60N2O5/c1-10-27(2)15-12-11-13-17-36(44)42-35-22-21-34-25-29(4)19-20-30(5)39(31(6)38(46)32(7)41-33(8)43)47-37(45)18-14-16-28(3)23-24-40(34,9)26-35/h10,14,16,18-25,27,30-32,34-35,38-39,46H,1,11-13,15,17,26H2,2-9H3,(H,41,43)(H,42,44)/b18-14+,20-19+,24-23+,28-16-,29-25+/t27?,30-,31-,32-,34-,35-,38+,39-,40-/m1/s1. The molecule has 2 amide bonds. The van der Waals surface area contributed by atoms with Gasteiger partial charge < -0.3 is 20.5 Å². The predicted molar refractivity (Wildman–Crippen MR) is 192 cm³/mol. The number of aliphatic hydroxyl groups excluding tert-OH is 1. The first-order valence-electron chi connectivity index (χ1n) is 17.3. The highest BCUT2D eigenvalue weighted by molar-refractivity contribution is 5.82. The topological polar surface area (TPSA) is 105 Å². The number of nitrogens with one attached hydrogen (secondary N) is 2. The maximum atomic E-state index is 12.9. The summed E-state index contributed by atoms with van der Waals surface area (Å²) in [5, 5.41) is 17.0. The van der Waals surface area contributed by atoms with Crippen molar-refractivity contribution in [1.82, 2.24) is 10.6 Å². The Morgan fingerprint density at radius 2 is 1.81 bits per heavy atom. The first-order valence-corrected chi connectivity index (χ1v) is 17.3. The number of amides is 2. The van der Waals surface area contributed by atoms with Crippen LogP contribution in [-0.2, 0) is 19.1 Å². The molecule has 7 heteroatoms. The van der Waals surface area contributed by atoms with Crippen molar-refractivity contribution in [3.8, 4) is 0 Å². The third-order valence-corrected chi connectivity index (χ3v) is 9.48. The fourth-order valence-corrected chi connectivity index (χ4v) is 6.33. The van der Waals surface area contributed by atoms with E-state index in [1.54, 1.807) is 13.0 Å². The summed E-state index contributed by atoms with van der Waals surface area (Å²) in [5.74, 6) is -0.689. The SMILES string of the molecule is C=CC(C)CCCCCC(=O)N[C@@H]1C=C[C@@H]2/C=C(C)/C=C/[C@@H](C)[C@H]([C@H](C)[C@H](O)[C@@H](C)NC(C)=O)OC(=O)/C=C/C=C(C)\C=C\[C@]2(C)C1. The predicted octanol–water partition coefficient (Wildman–Crippen LogP) is 7.47. The molecule has 2 aliphatic rings. The number of unbranched alkanes of at least 4 members (excludes halogenated alkanes) is 2. The third-order valence-electron chi connectivity index (χ3n) is 9.48. The summed E-state index contributed by atoms with van der Waals surface area (Å²) in [6.07, 6.45) is 25.7. The lowest BCUT2D eigenvalue weighted by molar-refractivity contribution is -0.151. The van der Waals surface area contributed by atoms with Gasteiger partial charge in [-0.2, -0.15) is 0 Å². The first kappa shape index (κ1) is 39.7. The van der Waals surface area contributed by atoms with Gasteiger partial charge in [0.25, 0.3) is 0 Å². The molecule has 1 heterocycles. The van der Waals surface area contributed by atoms with E-state index in [0.29, 0.717) is 12.3 Å². The average Bonchev–Trinajstić information content (AvgIpc) is 3.01. The molecular weight excluding hydrogens is 588 g/mol. The zero-order chi connectivity index (χ0) is 35.1. The Labute approximate surface area is 284 Å². The van der Waals surface area contributed by atoms with Crippen molar-refractivity contribution in [1.29, 1.82) is 0 Å². The number of esters is 1. The molecule has 0 aromatic carbocycles. The zero-order valence-electron chi connectivity index (χ0n) is 30.0. The molecule has 2 rings (SSSR count). The Hall–Kier alpha value is -3.45. The van der Waals surface area contributed by atoms with E-state index in [0.717, 1.165) is 43.3 Å². The molecule has 0 bridgehead atoms. The maximum Gasteiger partial charge on any atom is 0.331 e. The highest BCUT2D eigenvalue weighted by Gasteiger charge is 2.36. The summed E-state index contributed by atoms with van der Waals surface area (Å²) in [7, 11) is 0. The molecule has 3 N–H and O–H groups in total. The summed E-state index contributed by atoms with van der Waals surface area (Å²) in [6, 6.07) is -0.565. The number of allylic oxidation sites excluding steroid dienone is 10. The van der Waals surface area contributed by atoms with Gasteiger partial charge in [-0.15, -0.1) is 6.58 Å². The number of carbonyl (C=O) groups is 3. The Kier molecular flexibility index (Phi) is 16.4. The normalized spacial score (nSPS) is 32.0. The Balaban J connectivity index is 2.30. The van der Waals surface area contributed by atoms with Crippen LogP contribution in [0.15, 0.2) is 84.6 Å². The minimum absolute atomic E-state index is 0.0587. The molecule has 0 aromatic rings. The Morgan fingerprint density at radius 1 is 1.09 bits per heavy atom. The number of hydrogen-bond donors (Lipinski definition) is 3. The summed E-state index contributed by atoms with van der Waals surface area (Å²) in [5.41, 5.74) is 1.77. The lowest BCUT2D eigenvalue weighted by Crippen LogP contribution is -2.48. The first-order chi connectivity index (χ1) is 22.1. The van der Waals surface area contributed by atoms with Crippen LogP contribution in [0.4, 0.5) is 0 Å². The van der Waals surface area contributed by atoms with E-state index in [1.165, 1.54) is 13.0 Å². The van der Waals surface area contributed by atoms with Crippen molar-refractivity contribution in [3.63, 3.8) is 0 Å². The molecule has 1 unspecified atom stereocenters. The van der Waals surface area contributed by atoms with Crippen LogP contribution in [0.5, 0.6) is 0 Å². The van der Waals surface area contributed by atoms with Gasteiger partial charge in [-0.25, -0.2) is 4.79 Å². The number of rotatable bonds is 12. The molecule has 0 spiro atoms. The molecule has 47 heavy (non-hydrogen) atoms. The summed E-state index contributed by atoms with van der Waals surface area (Å²) in [4.78, 5) is 37.3. The zero-order valence-corrected chi connectivity index (χ0v) is 30.0. The van der Waals surface area contributed by atoms with Gasteiger partial charge in [-0.05, 0) is 51.4 Å². The van der Waals surface area contributed by atoms with Crippen LogP contribution in [0, 0.1) is 29.1 Å². The summed E-state index contributed by atoms with van der Waals surface area (Å²) < 4.78 is 5.90. The molecule has 7 nitrogen and oxygen atoms in total. The van der Waals surface area contributed by atoms with E-state index in [2.05, 4.69) is 68.4 Å². The second-order valence-corrected chi connectivity index (χ2v) is 14.1. The van der Waals surface area contributed by atoms with Gasteiger partial charge in [0.05, 0.1) is 12.1 Å². The lowest BCUT2D eigenvalue weighted by Gasteiger charge is -2.39. The van der Waals surface area contributed by atoms with Gasteiger partial charge in [0, 0.05) is 43.2 Å². The molecule has 260 valence electrons. The molecule has 1 aliphatic carbocycles. The largest absolute Gasteiger partial charge is 0.458 e. The quantitative estimate of drug-likeness (QED) is 0.116.